The van der Waals surface area contributed by atoms with Gasteiger partial charge < -0.3 is 18.8 Å². The summed E-state index contributed by atoms with van der Waals surface area (Å²) in [7, 11) is 3.09. The molecule has 0 bridgehead atoms. The maximum absolute atomic E-state index is 14.1. The third kappa shape index (κ3) is 5.60. The Kier molecular flexibility index (Phi) is 8.88. The van der Waals surface area contributed by atoms with Crippen molar-refractivity contribution in [2.75, 3.05) is 27.3 Å². The second-order valence-electron chi connectivity index (χ2n) is 9.79. The summed E-state index contributed by atoms with van der Waals surface area (Å²) in [6.07, 6.45) is 1.62. The number of hydrogen-bond donors (Lipinski definition) is 0. The molecule has 44 heavy (non-hydrogen) atoms. The average molecular weight is 682 g/mol. The second-order valence-corrected chi connectivity index (χ2v) is 11.7. The number of allylic oxidation sites excluding steroid dienone is 1. The Bertz CT molecular complexity index is 1990. The number of carbonyl (C=O) groups excluding carboxylic acids is 1. The minimum atomic E-state index is -0.824. The number of rotatable bonds is 9. The van der Waals surface area contributed by atoms with Gasteiger partial charge in [0.05, 0.1) is 34.9 Å². The van der Waals surface area contributed by atoms with Gasteiger partial charge in [-0.05, 0) is 73.1 Å². The number of carbonyl (C=O) groups is 1. The van der Waals surface area contributed by atoms with Gasteiger partial charge in [-0.1, -0.05) is 11.3 Å². The van der Waals surface area contributed by atoms with E-state index in [9.17, 15) is 19.7 Å². The van der Waals surface area contributed by atoms with Crippen LogP contribution >= 0.6 is 27.3 Å². The lowest BCUT2D eigenvalue weighted by atomic mass is 9.93. The molecule has 0 aliphatic carbocycles. The van der Waals surface area contributed by atoms with Gasteiger partial charge in [-0.25, -0.2) is 4.99 Å². The molecule has 1 aliphatic heterocycles. The number of non-ortho nitro benzene ring substituents is 1. The van der Waals surface area contributed by atoms with Crippen molar-refractivity contribution in [1.82, 2.24) is 9.47 Å². The number of benzene rings is 2. The number of ether oxygens (including phenoxy) is 2. The van der Waals surface area contributed by atoms with E-state index in [0.717, 1.165) is 0 Å². The molecule has 0 spiro atoms. The maximum atomic E-state index is 14.1. The van der Waals surface area contributed by atoms with E-state index >= 15 is 0 Å². The molecule has 0 radical (unpaired) electrons. The fourth-order valence-corrected chi connectivity index (χ4v) is 6.73. The van der Waals surface area contributed by atoms with Crippen molar-refractivity contribution in [2.24, 2.45) is 4.99 Å². The lowest BCUT2D eigenvalue weighted by Crippen LogP contribution is -2.43. The number of thiazole rings is 1. The molecule has 1 aliphatic rings. The van der Waals surface area contributed by atoms with Crippen LogP contribution in [0.5, 0.6) is 11.5 Å². The molecule has 1 amide bonds. The maximum Gasteiger partial charge on any atom is 0.271 e. The average Bonchev–Trinajstić information content (AvgIpc) is 3.60. The van der Waals surface area contributed by atoms with Crippen molar-refractivity contribution >= 4 is 44.9 Å². The lowest BCUT2D eigenvalue weighted by Gasteiger charge is -2.30. The molecular weight excluding hydrogens is 652 g/mol. The highest BCUT2D eigenvalue weighted by atomic mass is 79.9. The van der Waals surface area contributed by atoms with Gasteiger partial charge in [0, 0.05) is 46.9 Å². The van der Waals surface area contributed by atoms with Crippen molar-refractivity contribution in [3.8, 4) is 22.8 Å². The Morgan fingerprint density at radius 1 is 1.16 bits per heavy atom. The fraction of sp³-hybridized carbons (Fsp3) is 0.258. The van der Waals surface area contributed by atoms with Gasteiger partial charge in [0.15, 0.2) is 4.80 Å². The van der Waals surface area contributed by atoms with Crippen molar-refractivity contribution < 1.29 is 23.6 Å². The number of nitro benzene ring substituents is 1. The third-order valence-electron chi connectivity index (χ3n) is 7.36. The van der Waals surface area contributed by atoms with Crippen LogP contribution in [0.15, 0.2) is 78.5 Å². The number of nitrogens with zero attached hydrogens (tertiary/aromatic N) is 4. The molecule has 0 fully saturated rings. The van der Waals surface area contributed by atoms with Crippen molar-refractivity contribution in [3.05, 3.63) is 105 Å². The smallest absolute Gasteiger partial charge is 0.271 e. The molecule has 0 N–H and O–H groups in total. The quantitative estimate of drug-likeness (QED) is 0.179. The monoisotopic (exact) mass is 680 g/mol. The van der Waals surface area contributed by atoms with Crippen LogP contribution in [0.2, 0.25) is 0 Å². The van der Waals surface area contributed by atoms with Crippen LogP contribution in [0.1, 0.15) is 38.1 Å². The highest BCUT2D eigenvalue weighted by Crippen LogP contribution is 2.38. The van der Waals surface area contributed by atoms with E-state index in [0.29, 0.717) is 72.3 Å². The predicted molar refractivity (Wildman–Crippen MR) is 170 cm³/mol. The first kappa shape index (κ1) is 31.0. The minimum Gasteiger partial charge on any atom is -0.497 e. The molecule has 5 rings (SSSR count). The standard InChI is InChI=1S/C31H29BrN4O7S/c1-6-34(7-2)30(38)27-17(3)33-31-35(28(27)22-15-19(41-4)9-12-24(22)42-5)29(37)26(44-31)16-20-10-13-25(43-20)21-11-8-18(36(39)40)14-23(21)32/h8-16,28H,6-7H2,1-5H3/b26-16+/t28-/m1/s1. The molecule has 228 valence electrons. The number of likely N-dealkylation sites (N-methyl/N-ethyl adjacent to an activating group) is 1. The van der Waals surface area contributed by atoms with Gasteiger partial charge in [0.1, 0.15) is 29.1 Å². The zero-order chi connectivity index (χ0) is 31.7. The molecule has 0 unspecified atom stereocenters. The fourth-order valence-electron chi connectivity index (χ4n) is 5.15. The SMILES string of the molecule is CCN(CC)C(=O)C1=C(C)N=c2s/c(=C/c3ccc(-c4ccc([N+](=O)[O-])cc4Br)o3)c(=O)n2[C@@H]1c1cc(OC)ccc1OC. The Morgan fingerprint density at radius 2 is 1.91 bits per heavy atom. The van der Waals surface area contributed by atoms with Crippen molar-refractivity contribution in [1.29, 1.82) is 0 Å². The zero-order valence-corrected chi connectivity index (χ0v) is 27.0. The summed E-state index contributed by atoms with van der Waals surface area (Å²) >= 11 is 4.56. The second kappa shape index (κ2) is 12.6. The van der Waals surface area contributed by atoms with Gasteiger partial charge in [0.2, 0.25) is 0 Å². The lowest BCUT2D eigenvalue weighted by molar-refractivity contribution is -0.384. The van der Waals surface area contributed by atoms with Gasteiger partial charge >= 0.3 is 0 Å². The van der Waals surface area contributed by atoms with Crippen LogP contribution in [-0.2, 0) is 4.79 Å². The first-order valence-electron chi connectivity index (χ1n) is 13.7. The van der Waals surface area contributed by atoms with Gasteiger partial charge in [-0.3, -0.25) is 24.3 Å². The van der Waals surface area contributed by atoms with E-state index < -0.39 is 11.0 Å². The van der Waals surface area contributed by atoms with Crippen molar-refractivity contribution in [3.63, 3.8) is 0 Å². The van der Waals surface area contributed by atoms with Crippen LogP contribution in [0.4, 0.5) is 5.69 Å². The van der Waals surface area contributed by atoms with Crippen LogP contribution < -0.4 is 24.4 Å². The highest BCUT2D eigenvalue weighted by molar-refractivity contribution is 9.10. The normalized spacial score (nSPS) is 14.7. The molecule has 2 aromatic carbocycles. The predicted octanol–water partition coefficient (Wildman–Crippen LogP) is 5.05. The Morgan fingerprint density at radius 3 is 2.55 bits per heavy atom. The van der Waals surface area contributed by atoms with E-state index in [1.54, 1.807) is 61.4 Å². The summed E-state index contributed by atoms with van der Waals surface area (Å²) in [6.45, 7) is 6.56. The number of amides is 1. The van der Waals surface area contributed by atoms with Crippen LogP contribution in [0, 0.1) is 10.1 Å². The van der Waals surface area contributed by atoms with Crippen LogP contribution in [0.25, 0.3) is 17.4 Å². The number of fused-ring (bicyclic) bond motifs is 1. The van der Waals surface area contributed by atoms with E-state index in [1.165, 1.54) is 35.1 Å². The van der Waals surface area contributed by atoms with Gasteiger partial charge in [0.25, 0.3) is 17.2 Å². The first-order chi connectivity index (χ1) is 21.1. The number of hydrogen-bond acceptors (Lipinski definition) is 9. The third-order valence-corrected chi connectivity index (χ3v) is 9.00. The summed E-state index contributed by atoms with van der Waals surface area (Å²) in [5.41, 5.74) is 1.69. The number of halogens is 1. The van der Waals surface area contributed by atoms with Crippen molar-refractivity contribution in [2.45, 2.75) is 26.8 Å². The summed E-state index contributed by atoms with van der Waals surface area (Å²) in [4.78, 5) is 45.5. The molecular formula is C31H29BrN4O7S. The van der Waals surface area contributed by atoms with E-state index in [-0.39, 0.29) is 17.2 Å². The number of methoxy groups -OCH3 is 2. The first-order valence-corrected chi connectivity index (χ1v) is 15.3. The van der Waals surface area contributed by atoms with Crippen LogP contribution in [-0.4, -0.2) is 47.6 Å². The molecule has 4 aromatic rings. The molecule has 3 heterocycles. The van der Waals surface area contributed by atoms with Crippen LogP contribution in [0.3, 0.4) is 0 Å². The summed E-state index contributed by atoms with van der Waals surface area (Å²) in [6, 6.07) is 12.3. The summed E-state index contributed by atoms with van der Waals surface area (Å²) in [5, 5.41) is 11.1. The van der Waals surface area contributed by atoms with E-state index in [1.807, 2.05) is 13.8 Å². The zero-order valence-electron chi connectivity index (χ0n) is 24.6. The topological polar surface area (TPSA) is 129 Å². The minimum absolute atomic E-state index is 0.0510. The molecule has 13 heteroatoms. The van der Waals surface area contributed by atoms with Gasteiger partial charge in [-0.2, -0.15) is 0 Å². The molecule has 2 aromatic heterocycles. The number of aromatic nitrogens is 1. The number of nitro groups is 1. The number of furan rings is 1. The molecule has 1 atom stereocenters. The summed E-state index contributed by atoms with van der Waals surface area (Å²) < 4.78 is 19.6. The Labute approximate surface area is 264 Å². The van der Waals surface area contributed by atoms with Gasteiger partial charge in [-0.15, -0.1) is 0 Å². The Balaban J connectivity index is 1.67. The molecule has 11 nitrogen and oxygen atoms in total. The largest absolute Gasteiger partial charge is 0.497 e. The van der Waals surface area contributed by atoms with E-state index in [4.69, 9.17) is 18.9 Å². The highest BCUT2D eigenvalue weighted by Gasteiger charge is 2.36. The summed E-state index contributed by atoms with van der Waals surface area (Å²) in [5.74, 6) is 1.70. The van der Waals surface area contributed by atoms with E-state index in [2.05, 4.69) is 15.9 Å². The molecule has 0 saturated heterocycles. The Hall–Kier alpha value is -4.49. The molecule has 0 saturated carbocycles.